The molecule has 0 atom stereocenters. The van der Waals surface area contributed by atoms with Crippen LogP contribution in [0.2, 0.25) is 10.0 Å². The molecule has 1 N–H and O–H groups in total. The van der Waals surface area contributed by atoms with Crippen LogP contribution in [0.1, 0.15) is 36.1 Å². The van der Waals surface area contributed by atoms with Crippen molar-refractivity contribution >= 4 is 34.1 Å². The van der Waals surface area contributed by atoms with Crippen molar-refractivity contribution in [3.05, 3.63) is 39.0 Å². The Bertz CT molecular complexity index is 693. The van der Waals surface area contributed by atoms with Gasteiger partial charge in [0, 0.05) is 28.7 Å². The molecular formula is C16H16Cl2N2. The number of aromatic nitrogens is 1. The van der Waals surface area contributed by atoms with Crippen molar-refractivity contribution in [3.8, 4) is 0 Å². The summed E-state index contributed by atoms with van der Waals surface area (Å²) in [4.78, 5) is 4.78. The minimum absolute atomic E-state index is 0.661. The molecule has 0 aliphatic heterocycles. The third-order valence-electron chi connectivity index (χ3n) is 4.29. The van der Waals surface area contributed by atoms with Crippen molar-refractivity contribution in [2.45, 2.75) is 44.7 Å². The first-order chi connectivity index (χ1) is 9.72. The Morgan fingerprint density at radius 3 is 2.85 bits per heavy atom. The van der Waals surface area contributed by atoms with E-state index in [0.29, 0.717) is 11.1 Å². The first-order valence-electron chi connectivity index (χ1n) is 7.25. The number of aryl methyl sites for hydroxylation is 1. The van der Waals surface area contributed by atoms with Gasteiger partial charge in [-0.3, -0.25) is 4.98 Å². The van der Waals surface area contributed by atoms with Crippen LogP contribution in [0, 0.1) is 0 Å². The third kappa shape index (κ3) is 2.20. The van der Waals surface area contributed by atoms with Crippen molar-refractivity contribution < 1.29 is 0 Å². The molecule has 0 unspecified atom stereocenters. The van der Waals surface area contributed by atoms with E-state index >= 15 is 0 Å². The molecule has 2 nitrogen and oxygen atoms in total. The molecule has 0 radical (unpaired) electrons. The summed E-state index contributed by atoms with van der Waals surface area (Å²) in [5.41, 5.74) is 4.94. The van der Waals surface area contributed by atoms with Gasteiger partial charge in [0.1, 0.15) is 0 Å². The number of rotatable bonds is 3. The summed E-state index contributed by atoms with van der Waals surface area (Å²) in [7, 11) is 0. The first kappa shape index (κ1) is 12.9. The number of benzene rings is 1. The zero-order chi connectivity index (χ0) is 13.7. The van der Waals surface area contributed by atoms with E-state index < -0.39 is 0 Å². The SMILES string of the molecule is Clc1cc(Cl)c2c(CNC3CC3)c3c(nc2c1)CCC3. The largest absolute Gasteiger partial charge is 0.310 e. The molecule has 4 heteroatoms. The van der Waals surface area contributed by atoms with Crippen LogP contribution in [-0.2, 0) is 19.4 Å². The second kappa shape index (κ2) is 4.87. The van der Waals surface area contributed by atoms with Gasteiger partial charge < -0.3 is 5.32 Å². The van der Waals surface area contributed by atoms with Gasteiger partial charge in [0.15, 0.2) is 0 Å². The maximum absolute atomic E-state index is 6.45. The zero-order valence-electron chi connectivity index (χ0n) is 11.2. The summed E-state index contributed by atoms with van der Waals surface area (Å²) in [6, 6.07) is 4.46. The van der Waals surface area contributed by atoms with Crippen LogP contribution in [0.25, 0.3) is 10.9 Å². The Morgan fingerprint density at radius 1 is 1.20 bits per heavy atom. The van der Waals surface area contributed by atoms with Crippen LogP contribution in [0.15, 0.2) is 12.1 Å². The van der Waals surface area contributed by atoms with Gasteiger partial charge in [-0.25, -0.2) is 0 Å². The Hall–Kier alpha value is -0.830. The van der Waals surface area contributed by atoms with Gasteiger partial charge in [0.2, 0.25) is 0 Å². The first-order valence-corrected chi connectivity index (χ1v) is 8.01. The molecule has 20 heavy (non-hydrogen) atoms. The minimum Gasteiger partial charge on any atom is -0.310 e. The van der Waals surface area contributed by atoms with Crippen LogP contribution in [0.3, 0.4) is 0 Å². The van der Waals surface area contributed by atoms with Gasteiger partial charge in [-0.2, -0.15) is 0 Å². The fourth-order valence-corrected chi connectivity index (χ4v) is 3.75. The predicted molar refractivity (Wildman–Crippen MR) is 83.6 cm³/mol. The fourth-order valence-electron chi connectivity index (χ4n) is 3.15. The van der Waals surface area contributed by atoms with Crippen LogP contribution in [-0.4, -0.2) is 11.0 Å². The van der Waals surface area contributed by atoms with E-state index in [1.165, 1.54) is 36.1 Å². The molecule has 1 saturated carbocycles. The van der Waals surface area contributed by atoms with Crippen molar-refractivity contribution in [2.75, 3.05) is 0 Å². The van der Waals surface area contributed by atoms with Gasteiger partial charge in [-0.05, 0) is 55.4 Å². The van der Waals surface area contributed by atoms with Crippen molar-refractivity contribution in [1.82, 2.24) is 10.3 Å². The molecule has 2 aromatic rings. The highest BCUT2D eigenvalue weighted by atomic mass is 35.5. The number of hydrogen-bond donors (Lipinski definition) is 1. The Morgan fingerprint density at radius 2 is 2.05 bits per heavy atom. The summed E-state index contributed by atoms with van der Waals surface area (Å²) in [6.07, 6.45) is 5.99. The van der Waals surface area contributed by atoms with Gasteiger partial charge >= 0.3 is 0 Å². The van der Waals surface area contributed by atoms with Crippen molar-refractivity contribution in [1.29, 1.82) is 0 Å². The number of hydrogen-bond acceptors (Lipinski definition) is 2. The fraction of sp³-hybridized carbons (Fsp3) is 0.438. The quantitative estimate of drug-likeness (QED) is 0.915. The molecule has 1 fully saturated rings. The summed E-state index contributed by atoms with van der Waals surface area (Å²) in [5, 5.41) is 6.09. The van der Waals surface area contributed by atoms with E-state index in [9.17, 15) is 0 Å². The van der Waals surface area contributed by atoms with Crippen LogP contribution in [0.5, 0.6) is 0 Å². The smallest absolute Gasteiger partial charge is 0.0738 e. The molecule has 0 bridgehead atoms. The molecular weight excluding hydrogens is 291 g/mol. The minimum atomic E-state index is 0.661. The van der Waals surface area contributed by atoms with Crippen molar-refractivity contribution in [2.24, 2.45) is 0 Å². The molecule has 0 amide bonds. The highest BCUT2D eigenvalue weighted by Crippen LogP contribution is 2.36. The summed E-state index contributed by atoms with van der Waals surface area (Å²) in [5.74, 6) is 0. The normalized spacial score (nSPS) is 17.7. The number of pyridine rings is 1. The van der Waals surface area contributed by atoms with Crippen LogP contribution >= 0.6 is 23.2 Å². The lowest BCUT2D eigenvalue weighted by Gasteiger charge is -2.14. The number of halogens is 2. The van der Waals surface area contributed by atoms with E-state index in [2.05, 4.69) is 5.32 Å². The van der Waals surface area contributed by atoms with E-state index in [1.807, 2.05) is 12.1 Å². The highest BCUT2D eigenvalue weighted by Gasteiger charge is 2.24. The van der Waals surface area contributed by atoms with Crippen LogP contribution < -0.4 is 5.32 Å². The molecule has 4 rings (SSSR count). The molecule has 104 valence electrons. The predicted octanol–water partition coefficient (Wildman–Crippen LogP) is 4.28. The van der Waals surface area contributed by atoms with Gasteiger partial charge in [-0.1, -0.05) is 23.2 Å². The molecule has 0 spiro atoms. The molecule has 2 aliphatic carbocycles. The third-order valence-corrected chi connectivity index (χ3v) is 4.81. The summed E-state index contributed by atoms with van der Waals surface area (Å²) in [6.45, 7) is 0.896. The lowest BCUT2D eigenvalue weighted by Crippen LogP contribution is -2.17. The average Bonchev–Trinajstić information content (AvgIpc) is 3.11. The lowest BCUT2D eigenvalue weighted by molar-refractivity contribution is 0.686. The molecule has 0 saturated heterocycles. The van der Waals surface area contributed by atoms with Gasteiger partial charge in [-0.15, -0.1) is 0 Å². The monoisotopic (exact) mass is 306 g/mol. The Kier molecular flexibility index (Phi) is 3.13. The second-order valence-corrected chi connectivity index (χ2v) is 6.65. The van der Waals surface area contributed by atoms with Crippen LogP contribution in [0.4, 0.5) is 0 Å². The Balaban J connectivity index is 1.91. The maximum Gasteiger partial charge on any atom is 0.0738 e. The van der Waals surface area contributed by atoms with E-state index in [-0.39, 0.29) is 0 Å². The molecule has 1 aromatic heterocycles. The maximum atomic E-state index is 6.45. The topological polar surface area (TPSA) is 24.9 Å². The lowest BCUT2D eigenvalue weighted by atomic mass is 10.0. The second-order valence-electron chi connectivity index (χ2n) is 5.81. The standard InChI is InChI=1S/C16H16Cl2N2/c17-9-6-13(18)16-12(8-19-10-4-5-10)11-2-1-3-14(11)20-15(16)7-9/h6-7,10,19H,1-5,8H2. The van der Waals surface area contributed by atoms with E-state index in [1.54, 1.807) is 0 Å². The number of nitrogens with one attached hydrogen (secondary N) is 1. The van der Waals surface area contributed by atoms with E-state index in [4.69, 9.17) is 28.2 Å². The van der Waals surface area contributed by atoms with E-state index in [0.717, 1.165) is 35.3 Å². The number of fused-ring (bicyclic) bond motifs is 2. The summed E-state index contributed by atoms with van der Waals surface area (Å²) >= 11 is 12.6. The average molecular weight is 307 g/mol. The molecule has 1 aromatic carbocycles. The molecule has 2 aliphatic rings. The number of nitrogens with zero attached hydrogens (tertiary/aromatic N) is 1. The zero-order valence-corrected chi connectivity index (χ0v) is 12.7. The van der Waals surface area contributed by atoms with Crippen molar-refractivity contribution in [3.63, 3.8) is 0 Å². The van der Waals surface area contributed by atoms with Gasteiger partial charge in [0.05, 0.1) is 10.5 Å². The van der Waals surface area contributed by atoms with Gasteiger partial charge in [0.25, 0.3) is 0 Å². The Labute approximate surface area is 128 Å². The molecule has 1 heterocycles. The summed E-state index contributed by atoms with van der Waals surface area (Å²) < 4.78 is 0. The highest BCUT2D eigenvalue weighted by molar-refractivity contribution is 6.38.